The molecule has 2 aliphatic rings. The summed E-state index contributed by atoms with van der Waals surface area (Å²) in [6, 6.07) is 15.6. The third-order valence-electron chi connectivity index (χ3n) is 7.53. The number of aromatic amines is 1. The zero-order valence-electron chi connectivity index (χ0n) is 22.9. The fraction of sp³-hybridized carbons (Fsp3) is 0.414. The van der Waals surface area contributed by atoms with Gasteiger partial charge in [-0.15, -0.1) is 16.9 Å². The average molecular weight is 595 g/mol. The van der Waals surface area contributed by atoms with Crippen LogP contribution in [0.25, 0.3) is 0 Å². The van der Waals surface area contributed by atoms with Crippen LogP contribution in [0, 0.1) is 0 Å². The zero-order chi connectivity index (χ0) is 29.0. The third-order valence-corrected chi connectivity index (χ3v) is 9.77. The summed E-state index contributed by atoms with van der Waals surface area (Å²) in [5, 5.41) is 24.4. The molecule has 3 aromatic rings. The number of aromatic nitrogens is 3. The van der Waals surface area contributed by atoms with E-state index in [-0.39, 0.29) is 35.9 Å². The number of carbonyl (C=O) groups excluding carboxylic acids is 3. The van der Waals surface area contributed by atoms with Crippen LogP contribution in [0.2, 0.25) is 0 Å². The SMILES string of the molecule is CC1(C)SCN(C(=O)[C@@H](O)[C@H](Cc2ccccc2)NC(=O)CSc2nc[nH]n2)[C@@H]1C(=O)N[C@H]1CCc2ccccc21. The number of H-pyrrole nitrogens is 1. The van der Waals surface area contributed by atoms with Gasteiger partial charge in [0.1, 0.15) is 12.4 Å². The van der Waals surface area contributed by atoms with E-state index in [2.05, 4.69) is 31.9 Å². The first kappa shape index (κ1) is 29.2. The van der Waals surface area contributed by atoms with E-state index in [9.17, 15) is 19.5 Å². The van der Waals surface area contributed by atoms with Crippen molar-refractivity contribution in [2.45, 2.75) is 67.2 Å². The van der Waals surface area contributed by atoms with Gasteiger partial charge < -0.3 is 20.6 Å². The standard InChI is InChI=1S/C29H34N6O4S2/c1-29(2)25(26(38)33-21-13-12-19-10-6-7-11-20(19)21)35(17-41-29)27(39)24(37)22(14-18-8-4-3-5-9-18)32-23(36)15-40-28-30-16-31-34-28/h3-11,16,21-22,24-25,37H,12-15,17H2,1-2H3,(H,32,36)(H,33,38)(H,30,31,34)/t21-,22-,24-,25+/m0/s1. The first-order valence-electron chi connectivity index (χ1n) is 13.6. The van der Waals surface area contributed by atoms with Crippen LogP contribution in [0.3, 0.4) is 0 Å². The van der Waals surface area contributed by atoms with E-state index in [0.717, 1.165) is 35.7 Å². The van der Waals surface area contributed by atoms with Gasteiger partial charge in [0.15, 0.2) is 6.10 Å². The van der Waals surface area contributed by atoms with Crippen LogP contribution in [0.15, 0.2) is 66.1 Å². The van der Waals surface area contributed by atoms with Gasteiger partial charge in [0, 0.05) is 4.75 Å². The molecule has 0 spiro atoms. The highest BCUT2D eigenvalue weighted by Crippen LogP contribution is 2.41. The van der Waals surface area contributed by atoms with Crippen LogP contribution < -0.4 is 10.6 Å². The first-order chi connectivity index (χ1) is 19.7. The molecule has 1 aliphatic carbocycles. The monoisotopic (exact) mass is 594 g/mol. The number of nitrogens with one attached hydrogen (secondary N) is 3. The molecule has 3 amide bonds. The molecule has 0 unspecified atom stereocenters. The van der Waals surface area contributed by atoms with Gasteiger partial charge >= 0.3 is 0 Å². The lowest BCUT2D eigenvalue weighted by molar-refractivity contribution is -0.148. The van der Waals surface area contributed by atoms with Crippen molar-refractivity contribution in [3.05, 3.63) is 77.6 Å². The average Bonchev–Trinajstić information content (AvgIpc) is 3.70. The van der Waals surface area contributed by atoms with Crippen LogP contribution in [-0.2, 0) is 27.2 Å². The summed E-state index contributed by atoms with van der Waals surface area (Å²) in [7, 11) is 0. The number of hydrogen-bond acceptors (Lipinski definition) is 8. The van der Waals surface area contributed by atoms with Crippen LogP contribution in [0.4, 0.5) is 0 Å². The predicted octanol–water partition coefficient (Wildman–Crippen LogP) is 2.47. The molecule has 12 heteroatoms. The van der Waals surface area contributed by atoms with Crippen molar-refractivity contribution >= 4 is 41.2 Å². The first-order valence-corrected chi connectivity index (χ1v) is 15.5. The third kappa shape index (κ3) is 6.77. The highest BCUT2D eigenvalue weighted by molar-refractivity contribution is 8.01. The smallest absolute Gasteiger partial charge is 0.254 e. The highest BCUT2D eigenvalue weighted by Gasteiger charge is 2.50. The normalized spacial score (nSPS) is 20.7. The Morgan fingerprint density at radius 1 is 1.17 bits per heavy atom. The van der Waals surface area contributed by atoms with Crippen LogP contribution in [0.5, 0.6) is 0 Å². The molecular weight excluding hydrogens is 560 g/mol. The summed E-state index contributed by atoms with van der Waals surface area (Å²) in [4.78, 5) is 45.9. The molecule has 0 bridgehead atoms. The molecule has 4 atom stereocenters. The second kappa shape index (κ2) is 12.7. The number of nitrogens with zero attached hydrogens (tertiary/aromatic N) is 3. The van der Waals surface area contributed by atoms with Crippen LogP contribution in [-0.4, -0.2) is 77.5 Å². The molecule has 1 fully saturated rings. The second-order valence-electron chi connectivity index (χ2n) is 10.8. The molecule has 2 heterocycles. The Morgan fingerprint density at radius 2 is 1.93 bits per heavy atom. The van der Waals surface area contributed by atoms with Gasteiger partial charge in [0.2, 0.25) is 17.0 Å². The van der Waals surface area contributed by atoms with E-state index in [0.29, 0.717) is 5.16 Å². The fourth-order valence-electron chi connectivity index (χ4n) is 5.47. The number of thioether (sulfide) groups is 2. The minimum Gasteiger partial charge on any atom is -0.381 e. The topological polar surface area (TPSA) is 140 Å². The number of aryl methyl sites for hydroxylation is 1. The summed E-state index contributed by atoms with van der Waals surface area (Å²) < 4.78 is -0.567. The largest absolute Gasteiger partial charge is 0.381 e. The Balaban J connectivity index is 1.31. The van der Waals surface area contributed by atoms with Gasteiger partial charge in [-0.05, 0) is 49.8 Å². The quantitative estimate of drug-likeness (QED) is 0.263. The van der Waals surface area contributed by atoms with Gasteiger partial charge in [-0.25, -0.2) is 4.98 Å². The Hall–Kier alpha value is -3.35. The maximum absolute atomic E-state index is 13.8. The maximum Gasteiger partial charge on any atom is 0.254 e. The molecule has 4 N–H and O–H groups in total. The van der Waals surface area contributed by atoms with Crippen molar-refractivity contribution in [1.82, 2.24) is 30.7 Å². The lowest BCUT2D eigenvalue weighted by Gasteiger charge is -2.34. The Bertz CT molecular complexity index is 1370. The number of fused-ring (bicyclic) bond motifs is 1. The summed E-state index contributed by atoms with van der Waals surface area (Å²) >= 11 is 2.64. The minimum atomic E-state index is -1.55. The van der Waals surface area contributed by atoms with E-state index >= 15 is 0 Å². The number of aliphatic hydroxyl groups excluding tert-OH is 1. The number of rotatable bonds is 10. The van der Waals surface area contributed by atoms with Gasteiger partial charge in [0.05, 0.1) is 23.7 Å². The molecule has 0 saturated carbocycles. The van der Waals surface area contributed by atoms with Crippen molar-refractivity contribution < 1.29 is 19.5 Å². The number of aliphatic hydroxyl groups is 1. The van der Waals surface area contributed by atoms with Crippen molar-refractivity contribution in [1.29, 1.82) is 0 Å². The summed E-state index contributed by atoms with van der Waals surface area (Å²) in [6.07, 6.45) is 1.81. The number of carbonyl (C=O) groups is 3. The lowest BCUT2D eigenvalue weighted by atomic mass is 9.96. The lowest BCUT2D eigenvalue weighted by Crippen LogP contribution is -2.59. The predicted molar refractivity (Wildman–Crippen MR) is 158 cm³/mol. The van der Waals surface area contributed by atoms with E-state index in [1.54, 1.807) is 0 Å². The molecular formula is C29H34N6O4S2. The maximum atomic E-state index is 13.8. The Kier molecular flexibility index (Phi) is 9.00. The van der Waals surface area contributed by atoms with Gasteiger partial charge in [-0.3, -0.25) is 19.5 Å². The molecule has 0 radical (unpaired) electrons. The Labute approximate surface area is 247 Å². The summed E-state index contributed by atoms with van der Waals surface area (Å²) in [6.45, 7) is 3.88. The van der Waals surface area contributed by atoms with Gasteiger partial charge in [-0.2, -0.15) is 0 Å². The zero-order valence-corrected chi connectivity index (χ0v) is 24.6. The van der Waals surface area contributed by atoms with Crippen molar-refractivity contribution in [2.24, 2.45) is 0 Å². The molecule has 41 heavy (non-hydrogen) atoms. The molecule has 5 rings (SSSR count). The van der Waals surface area contributed by atoms with Crippen molar-refractivity contribution in [2.75, 3.05) is 11.6 Å². The van der Waals surface area contributed by atoms with Crippen LogP contribution in [0.1, 0.15) is 43.0 Å². The van der Waals surface area contributed by atoms with Crippen LogP contribution >= 0.6 is 23.5 Å². The van der Waals surface area contributed by atoms with Crippen molar-refractivity contribution in [3.8, 4) is 0 Å². The van der Waals surface area contributed by atoms with E-state index in [1.165, 1.54) is 28.6 Å². The molecule has 10 nitrogen and oxygen atoms in total. The molecule has 1 saturated heterocycles. The molecule has 216 valence electrons. The van der Waals surface area contributed by atoms with Crippen molar-refractivity contribution in [3.63, 3.8) is 0 Å². The minimum absolute atomic E-state index is 0.0184. The highest BCUT2D eigenvalue weighted by atomic mass is 32.2. The number of amides is 3. The summed E-state index contributed by atoms with van der Waals surface area (Å²) in [5.41, 5.74) is 3.19. The molecule has 1 aliphatic heterocycles. The number of hydrogen-bond donors (Lipinski definition) is 4. The van der Waals surface area contributed by atoms with Gasteiger partial charge in [0.25, 0.3) is 5.91 Å². The molecule has 1 aromatic heterocycles. The second-order valence-corrected chi connectivity index (χ2v) is 13.3. The van der Waals surface area contributed by atoms with Gasteiger partial charge in [-0.1, -0.05) is 66.4 Å². The fourth-order valence-corrected chi connectivity index (χ4v) is 7.20. The van der Waals surface area contributed by atoms with E-state index < -0.39 is 28.8 Å². The van der Waals surface area contributed by atoms with E-state index in [4.69, 9.17) is 0 Å². The molecule has 2 aromatic carbocycles. The number of benzene rings is 2. The summed E-state index contributed by atoms with van der Waals surface area (Å²) in [5.74, 6) is -0.913. The van der Waals surface area contributed by atoms with E-state index in [1.807, 2.05) is 62.4 Å². The Morgan fingerprint density at radius 3 is 2.68 bits per heavy atom.